The summed E-state index contributed by atoms with van der Waals surface area (Å²) < 4.78 is 0. The number of piperidine rings is 1. The molecular weight excluding hydrogens is 246 g/mol. The molecule has 0 aromatic heterocycles. The van der Waals surface area contributed by atoms with Crippen LogP contribution >= 0.6 is 0 Å². The molecule has 1 aliphatic rings. The van der Waals surface area contributed by atoms with E-state index in [2.05, 4.69) is 0 Å². The molecule has 1 fully saturated rings. The number of phenols is 2. The molecule has 1 amide bonds. The van der Waals surface area contributed by atoms with Gasteiger partial charge >= 0.3 is 0 Å². The summed E-state index contributed by atoms with van der Waals surface area (Å²) in [5.41, 5.74) is 0.129. The number of nitrogens with zero attached hydrogens (tertiary/aromatic N) is 1. The van der Waals surface area contributed by atoms with E-state index in [4.69, 9.17) is 5.11 Å². The summed E-state index contributed by atoms with van der Waals surface area (Å²) in [7, 11) is 0. The SMILES string of the molecule is O=C(c1cccc(O)c1O)N1CCCC(CCO)C1. The number of carbonyl (C=O) groups is 1. The second-order valence-electron chi connectivity index (χ2n) is 4.95. The first-order valence-electron chi connectivity index (χ1n) is 6.54. The minimum Gasteiger partial charge on any atom is -0.504 e. The Morgan fingerprint density at radius 1 is 1.37 bits per heavy atom. The Balaban J connectivity index is 2.12. The highest BCUT2D eigenvalue weighted by Gasteiger charge is 2.26. The third kappa shape index (κ3) is 2.98. The van der Waals surface area contributed by atoms with Gasteiger partial charge in [0.1, 0.15) is 0 Å². The Kier molecular flexibility index (Phi) is 4.27. The van der Waals surface area contributed by atoms with Gasteiger partial charge in [0.25, 0.3) is 5.91 Å². The summed E-state index contributed by atoms with van der Waals surface area (Å²) in [6, 6.07) is 4.39. The first-order valence-corrected chi connectivity index (χ1v) is 6.54. The highest BCUT2D eigenvalue weighted by atomic mass is 16.3. The van der Waals surface area contributed by atoms with E-state index in [9.17, 15) is 15.0 Å². The van der Waals surface area contributed by atoms with Gasteiger partial charge in [-0.2, -0.15) is 0 Å². The molecule has 0 aliphatic carbocycles. The van der Waals surface area contributed by atoms with Gasteiger partial charge in [0.2, 0.25) is 0 Å². The maximum Gasteiger partial charge on any atom is 0.257 e. The molecule has 0 bridgehead atoms. The Hall–Kier alpha value is -1.75. The van der Waals surface area contributed by atoms with Crippen LogP contribution in [-0.2, 0) is 0 Å². The van der Waals surface area contributed by atoms with E-state index in [1.165, 1.54) is 18.2 Å². The van der Waals surface area contributed by atoms with Gasteiger partial charge in [0, 0.05) is 19.7 Å². The van der Waals surface area contributed by atoms with Gasteiger partial charge in [0.05, 0.1) is 5.56 Å². The Morgan fingerprint density at radius 3 is 2.89 bits per heavy atom. The zero-order chi connectivity index (χ0) is 13.8. The third-order valence-corrected chi connectivity index (χ3v) is 3.59. The minimum atomic E-state index is -0.364. The van der Waals surface area contributed by atoms with E-state index in [1.54, 1.807) is 4.90 Å². The van der Waals surface area contributed by atoms with E-state index in [-0.39, 0.29) is 29.6 Å². The molecule has 0 spiro atoms. The number of benzene rings is 1. The van der Waals surface area contributed by atoms with Crippen molar-refractivity contribution in [1.82, 2.24) is 4.90 Å². The van der Waals surface area contributed by atoms with Crippen molar-refractivity contribution in [1.29, 1.82) is 0 Å². The average molecular weight is 265 g/mol. The largest absolute Gasteiger partial charge is 0.504 e. The monoisotopic (exact) mass is 265 g/mol. The molecule has 0 radical (unpaired) electrons. The predicted molar refractivity (Wildman–Crippen MR) is 70.1 cm³/mol. The summed E-state index contributed by atoms with van der Waals surface area (Å²) in [6.07, 6.45) is 2.60. The molecule has 1 aliphatic heterocycles. The summed E-state index contributed by atoms with van der Waals surface area (Å²) >= 11 is 0. The van der Waals surface area contributed by atoms with E-state index >= 15 is 0 Å². The number of aliphatic hydroxyl groups is 1. The van der Waals surface area contributed by atoms with Gasteiger partial charge in [-0.25, -0.2) is 0 Å². The number of aliphatic hydroxyl groups excluding tert-OH is 1. The first-order chi connectivity index (χ1) is 9.13. The molecule has 1 aromatic rings. The summed E-state index contributed by atoms with van der Waals surface area (Å²) in [4.78, 5) is 14.0. The van der Waals surface area contributed by atoms with E-state index in [0.29, 0.717) is 25.4 Å². The van der Waals surface area contributed by atoms with Crippen LogP contribution in [0.1, 0.15) is 29.6 Å². The van der Waals surface area contributed by atoms with Crippen molar-refractivity contribution < 1.29 is 20.1 Å². The molecule has 2 rings (SSSR count). The van der Waals surface area contributed by atoms with Crippen LogP contribution in [-0.4, -0.2) is 45.8 Å². The fourth-order valence-corrected chi connectivity index (χ4v) is 2.54. The summed E-state index contributed by atoms with van der Waals surface area (Å²) in [5, 5.41) is 28.1. The van der Waals surface area contributed by atoms with Crippen LogP contribution in [0.2, 0.25) is 0 Å². The second kappa shape index (κ2) is 5.93. The van der Waals surface area contributed by atoms with Crippen LogP contribution in [0.3, 0.4) is 0 Å². The minimum absolute atomic E-state index is 0.129. The van der Waals surface area contributed by atoms with Crippen molar-refractivity contribution in [3.05, 3.63) is 23.8 Å². The average Bonchev–Trinajstić information content (AvgIpc) is 2.42. The number of aromatic hydroxyl groups is 2. The van der Waals surface area contributed by atoms with Gasteiger partial charge in [0.15, 0.2) is 11.5 Å². The van der Waals surface area contributed by atoms with Crippen LogP contribution in [0.5, 0.6) is 11.5 Å². The second-order valence-corrected chi connectivity index (χ2v) is 4.95. The lowest BCUT2D eigenvalue weighted by molar-refractivity contribution is 0.0650. The Labute approximate surface area is 112 Å². The van der Waals surface area contributed by atoms with Crippen molar-refractivity contribution in [2.24, 2.45) is 5.92 Å². The fourth-order valence-electron chi connectivity index (χ4n) is 2.54. The summed E-state index contributed by atoms with van der Waals surface area (Å²) in [6.45, 7) is 1.37. The number of phenolic OH excluding ortho intramolecular Hbond substituents is 2. The Bertz CT molecular complexity index is 459. The van der Waals surface area contributed by atoms with Crippen molar-refractivity contribution >= 4 is 5.91 Å². The van der Waals surface area contributed by atoms with Gasteiger partial charge < -0.3 is 20.2 Å². The smallest absolute Gasteiger partial charge is 0.257 e. The standard InChI is InChI=1S/C14H19NO4/c16-8-6-10-3-2-7-15(9-10)14(19)11-4-1-5-12(17)13(11)18/h1,4-5,10,16-18H,2-3,6-9H2. The number of carbonyl (C=O) groups excluding carboxylic acids is 1. The molecule has 5 nitrogen and oxygen atoms in total. The topological polar surface area (TPSA) is 81.0 Å². The van der Waals surface area contributed by atoms with Gasteiger partial charge in [-0.05, 0) is 37.3 Å². The molecule has 3 N–H and O–H groups in total. The van der Waals surface area contributed by atoms with Gasteiger partial charge in [-0.1, -0.05) is 6.07 Å². The molecule has 5 heteroatoms. The normalized spacial score (nSPS) is 19.4. The predicted octanol–water partition coefficient (Wildman–Crippen LogP) is 1.33. The number of rotatable bonds is 3. The number of amides is 1. The lowest BCUT2D eigenvalue weighted by Crippen LogP contribution is -2.40. The van der Waals surface area contributed by atoms with Crippen molar-refractivity contribution in [3.63, 3.8) is 0 Å². The van der Waals surface area contributed by atoms with E-state index in [0.717, 1.165) is 12.8 Å². The quantitative estimate of drug-likeness (QED) is 0.720. The molecule has 104 valence electrons. The third-order valence-electron chi connectivity index (χ3n) is 3.59. The lowest BCUT2D eigenvalue weighted by Gasteiger charge is -2.32. The number of hydrogen-bond acceptors (Lipinski definition) is 4. The molecule has 0 saturated carbocycles. The molecule has 1 atom stereocenters. The first kappa shape index (κ1) is 13.7. The highest BCUT2D eigenvalue weighted by Crippen LogP contribution is 2.30. The molecule has 1 heterocycles. The zero-order valence-electron chi connectivity index (χ0n) is 10.7. The number of hydrogen-bond donors (Lipinski definition) is 3. The number of para-hydroxylation sites is 1. The van der Waals surface area contributed by atoms with Crippen molar-refractivity contribution in [3.8, 4) is 11.5 Å². The fraction of sp³-hybridized carbons (Fsp3) is 0.500. The Morgan fingerprint density at radius 2 is 2.16 bits per heavy atom. The molecular formula is C14H19NO4. The van der Waals surface area contributed by atoms with Crippen LogP contribution in [0, 0.1) is 5.92 Å². The maximum atomic E-state index is 12.3. The van der Waals surface area contributed by atoms with E-state index < -0.39 is 0 Å². The molecule has 1 aromatic carbocycles. The van der Waals surface area contributed by atoms with Gasteiger partial charge in [-0.3, -0.25) is 4.79 Å². The van der Waals surface area contributed by atoms with Crippen LogP contribution in [0.15, 0.2) is 18.2 Å². The van der Waals surface area contributed by atoms with Crippen LogP contribution in [0.25, 0.3) is 0 Å². The van der Waals surface area contributed by atoms with E-state index in [1.807, 2.05) is 0 Å². The number of likely N-dealkylation sites (tertiary alicyclic amines) is 1. The highest BCUT2D eigenvalue weighted by molar-refractivity contribution is 5.97. The zero-order valence-corrected chi connectivity index (χ0v) is 10.7. The van der Waals surface area contributed by atoms with Crippen LogP contribution < -0.4 is 0 Å². The molecule has 1 saturated heterocycles. The summed E-state index contributed by atoms with van der Waals surface area (Å²) in [5.74, 6) is -0.607. The molecule has 1 unspecified atom stereocenters. The maximum absolute atomic E-state index is 12.3. The van der Waals surface area contributed by atoms with Gasteiger partial charge in [-0.15, -0.1) is 0 Å². The van der Waals surface area contributed by atoms with Crippen molar-refractivity contribution in [2.45, 2.75) is 19.3 Å². The van der Waals surface area contributed by atoms with Crippen LogP contribution in [0.4, 0.5) is 0 Å². The molecule has 19 heavy (non-hydrogen) atoms. The van der Waals surface area contributed by atoms with Crippen molar-refractivity contribution in [2.75, 3.05) is 19.7 Å². The lowest BCUT2D eigenvalue weighted by atomic mass is 9.94.